The Balaban J connectivity index is 1.99. The van der Waals surface area contributed by atoms with E-state index in [1.54, 1.807) is 18.3 Å². The number of nitrogens with one attached hydrogen (secondary N) is 2. The van der Waals surface area contributed by atoms with Gasteiger partial charge in [-0.15, -0.1) is 0 Å². The number of fused-ring (bicyclic) bond motifs is 1. The van der Waals surface area contributed by atoms with E-state index in [0.29, 0.717) is 0 Å². The molecule has 0 radical (unpaired) electrons. The Kier molecular flexibility index (Phi) is 2.26. The molecule has 0 aliphatic rings. The van der Waals surface area contributed by atoms with Gasteiger partial charge < -0.3 is 10.3 Å². The van der Waals surface area contributed by atoms with Crippen molar-refractivity contribution in [2.75, 3.05) is 5.32 Å². The van der Waals surface area contributed by atoms with Crippen LogP contribution in [0.5, 0.6) is 0 Å². The van der Waals surface area contributed by atoms with Crippen LogP contribution in [-0.4, -0.2) is 9.97 Å². The molecule has 0 fully saturated rings. The number of benzene rings is 1. The molecule has 2 aromatic heterocycles. The summed E-state index contributed by atoms with van der Waals surface area (Å²) < 4.78 is 12.8. The third-order valence-corrected chi connectivity index (χ3v) is 2.58. The van der Waals surface area contributed by atoms with E-state index in [0.717, 1.165) is 22.4 Å². The molecule has 0 aliphatic carbocycles. The van der Waals surface area contributed by atoms with Crippen molar-refractivity contribution in [2.24, 2.45) is 0 Å². The number of nitrogens with zero attached hydrogens (tertiary/aromatic N) is 1. The summed E-state index contributed by atoms with van der Waals surface area (Å²) >= 11 is 0. The Bertz CT molecular complexity index is 643. The van der Waals surface area contributed by atoms with Crippen molar-refractivity contribution >= 4 is 22.4 Å². The van der Waals surface area contributed by atoms with Crippen LogP contribution in [0, 0.1) is 5.82 Å². The van der Waals surface area contributed by atoms with Gasteiger partial charge in [-0.2, -0.15) is 0 Å². The van der Waals surface area contributed by atoms with Crippen LogP contribution >= 0.6 is 0 Å². The highest BCUT2D eigenvalue weighted by molar-refractivity contribution is 5.91. The highest BCUT2D eigenvalue weighted by Gasteiger charge is 2.02. The van der Waals surface area contributed by atoms with Gasteiger partial charge in [-0.1, -0.05) is 0 Å². The fourth-order valence-electron chi connectivity index (χ4n) is 1.76. The monoisotopic (exact) mass is 227 g/mol. The molecular weight excluding hydrogens is 217 g/mol. The maximum Gasteiger partial charge on any atom is 0.139 e. The number of hydrogen-bond donors (Lipinski definition) is 2. The third-order valence-electron chi connectivity index (χ3n) is 2.58. The maximum atomic E-state index is 12.8. The van der Waals surface area contributed by atoms with Crippen LogP contribution in [0.25, 0.3) is 11.0 Å². The van der Waals surface area contributed by atoms with Crippen molar-refractivity contribution in [3.63, 3.8) is 0 Å². The highest BCUT2D eigenvalue weighted by atomic mass is 19.1. The van der Waals surface area contributed by atoms with E-state index < -0.39 is 0 Å². The van der Waals surface area contributed by atoms with Crippen molar-refractivity contribution in [1.29, 1.82) is 0 Å². The van der Waals surface area contributed by atoms with Crippen LogP contribution in [0.1, 0.15) is 0 Å². The molecule has 2 heterocycles. The number of H-pyrrole nitrogens is 1. The van der Waals surface area contributed by atoms with Gasteiger partial charge in [-0.25, -0.2) is 9.37 Å². The van der Waals surface area contributed by atoms with Crippen molar-refractivity contribution in [2.45, 2.75) is 0 Å². The fourth-order valence-corrected chi connectivity index (χ4v) is 1.76. The summed E-state index contributed by atoms with van der Waals surface area (Å²) in [5, 5.41) is 4.24. The maximum absolute atomic E-state index is 12.8. The van der Waals surface area contributed by atoms with Gasteiger partial charge >= 0.3 is 0 Å². The number of hydrogen-bond acceptors (Lipinski definition) is 2. The molecule has 0 bridgehead atoms. The van der Waals surface area contributed by atoms with Gasteiger partial charge in [0, 0.05) is 23.5 Å². The molecule has 84 valence electrons. The number of anilines is 2. The Morgan fingerprint density at radius 3 is 2.71 bits per heavy atom. The van der Waals surface area contributed by atoms with Crippen molar-refractivity contribution in [3.8, 4) is 0 Å². The van der Waals surface area contributed by atoms with E-state index >= 15 is 0 Å². The van der Waals surface area contributed by atoms with Gasteiger partial charge in [-0.3, -0.25) is 0 Å². The molecule has 0 amide bonds. The Morgan fingerprint density at radius 2 is 1.88 bits per heavy atom. The van der Waals surface area contributed by atoms with Crippen LogP contribution in [-0.2, 0) is 0 Å². The smallest absolute Gasteiger partial charge is 0.139 e. The summed E-state index contributed by atoms with van der Waals surface area (Å²) in [6.45, 7) is 0. The van der Waals surface area contributed by atoms with Gasteiger partial charge in [0.25, 0.3) is 0 Å². The summed E-state index contributed by atoms with van der Waals surface area (Å²) in [6, 6.07) is 10.1. The Morgan fingerprint density at radius 1 is 1.06 bits per heavy atom. The lowest BCUT2D eigenvalue weighted by molar-refractivity contribution is 0.628. The second-order valence-electron chi connectivity index (χ2n) is 3.73. The SMILES string of the molecule is Fc1ccc(Nc2ccnc3[nH]ccc23)cc1. The average molecular weight is 227 g/mol. The molecule has 2 N–H and O–H groups in total. The number of pyridine rings is 1. The Labute approximate surface area is 97.3 Å². The first kappa shape index (κ1) is 9.84. The van der Waals surface area contributed by atoms with Crippen LogP contribution in [0.4, 0.5) is 15.8 Å². The standard InChI is InChI=1S/C13H10FN3/c14-9-1-3-10(4-2-9)17-12-6-8-16-13-11(12)5-7-15-13/h1-8H,(H2,15,16,17). The lowest BCUT2D eigenvalue weighted by Crippen LogP contribution is -1.91. The second-order valence-corrected chi connectivity index (χ2v) is 3.73. The van der Waals surface area contributed by atoms with Crippen molar-refractivity contribution in [1.82, 2.24) is 9.97 Å². The second kappa shape index (κ2) is 3.90. The normalized spacial score (nSPS) is 10.6. The summed E-state index contributed by atoms with van der Waals surface area (Å²) in [5.41, 5.74) is 2.63. The van der Waals surface area contributed by atoms with Crippen LogP contribution < -0.4 is 5.32 Å². The number of rotatable bonds is 2. The zero-order valence-electron chi connectivity index (χ0n) is 8.94. The summed E-state index contributed by atoms with van der Waals surface area (Å²) in [6.07, 6.45) is 3.57. The van der Waals surface area contributed by atoms with Gasteiger partial charge in [-0.05, 0) is 36.4 Å². The van der Waals surface area contributed by atoms with Crippen LogP contribution in [0.3, 0.4) is 0 Å². The topological polar surface area (TPSA) is 40.7 Å². The quantitative estimate of drug-likeness (QED) is 0.704. The molecule has 0 saturated carbocycles. The first-order chi connectivity index (χ1) is 8.33. The Hall–Kier alpha value is -2.36. The molecule has 3 rings (SSSR count). The van der Waals surface area contributed by atoms with E-state index in [1.807, 2.05) is 18.3 Å². The molecule has 3 aromatic rings. The summed E-state index contributed by atoms with van der Waals surface area (Å²) in [7, 11) is 0. The van der Waals surface area contributed by atoms with Crippen LogP contribution in [0.15, 0.2) is 48.8 Å². The van der Waals surface area contributed by atoms with Gasteiger partial charge in [0.1, 0.15) is 11.5 Å². The lowest BCUT2D eigenvalue weighted by Gasteiger charge is -2.07. The van der Waals surface area contributed by atoms with Gasteiger partial charge in [0.2, 0.25) is 0 Å². The van der Waals surface area contributed by atoms with E-state index in [9.17, 15) is 4.39 Å². The minimum absolute atomic E-state index is 0.239. The zero-order chi connectivity index (χ0) is 11.7. The molecule has 4 heteroatoms. The molecule has 0 spiro atoms. The fraction of sp³-hybridized carbons (Fsp3) is 0. The zero-order valence-corrected chi connectivity index (χ0v) is 8.94. The number of halogens is 1. The van der Waals surface area contributed by atoms with Crippen LogP contribution in [0.2, 0.25) is 0 Å². The third kappa shape index (κ3) is 1.85. The van der Waals surface area contributed by atoms with E-state index in [4.69, 9.17) is 0 Å². The summed E-state index contributed by atoms with van der Waals surface area (Å²) in [4.78, 5) is 7.25. The molecular formula is C13H10FN3. The molecule has 0 unspecified atom stereocenters. The molecule has 17 heavy (non-hydrogen) atoms. The van der Waals surface area contributed by atoms with Crippen molar-refractivity contribution in [3.05, 3.63) is 54.6 Å². The van der Waals surface area contributed by atoms with E-state index in [-0.39, 0.29) is 5.82 Å². The highest BCUT2D eigenvalue weighted by Crippen LogP contribution is 2.24. The molecule has 0 atom stereocenters. The average Bonchev–Trinajstić information content (AvgIpc) is 2.81. The molecule has 0 saturated heterocycles. The van der Waals surface area contributed by atoms with E-state index in [2.05, 4.69) is 15.3 Å². The van der Waals surface area contributed by atoms with Gasteiger partial charge in [0.05, 0.1) is 5.69 Å². The first-order valence-corrected chi connectivity index (χ1v) is 5.27. The lowest BCUT2D eigenvalue weighted by atomic mass is 10.2. The first-order valence-electron chi connectivity index (χ1n) is 5.27. The van der Waals surface area contributed by atoms with Crippen molar-refractivity contribution < 1.29 is 4.39 Å². The molecule has 1 aromatic carbocycles. The largest absolute Gasteiger partial charge is 0.355 e. The number of aromatic nitrogens is 2. The predicted octanol–water partition coefficient (Wildman–Crippen LogP) is 3.45. The van der Waals surface area contributed by atoms with Gasteiger partial charge in [0.15, 0.2) is 0 Å². The summed E-state index contributed by atoms with van der Waals surface area (Å²) in [5.74, 6) is -0.239. The minimum Gasteiger partial charge on any atom is -0.355 e. The minimum atomic E-state index is -0.239. The molecule has 0 aliphatic heterocycles. The van der Waals surface area contributed by atoms with E-state index in [1.165, 1.54) is 12.1 Å². The molecule has 3 nitrogen and oxygen atoms in total. The predicted molar refractivity (Wildman–Crippen MR) is 65.8 cm³/mol. The number of aromatic amines is 1.